The molecule has 0 saturated carbocycles. The van der Waals surface area contributed by atoms with Crippen LogP contribution in [0.3, 0.4) is 0 Å². The van der Waals surface area contributed by atoms with Crippen molar-refractivity contribution in [3.05, 3.63) is 44.9 Å². The molecule has 10 heteroatoms. The first-order chi connectivity index (χ1) is 19.3. The fourth-order valence-electron chi connectivity index (χ4n) is 7.43. The molecule has 0 amide bonds. The summed E-state index contributed by atoms with van der Waals surface area (Å²) < 4.78 is 11.1. The maximum Gasteiger partial charge on any atom is 0.336 e. The van der Waals surface area contributed by atoms with E-state index in [9.17, 15) is 9.59 Å². The minimum Gasteiger partial charge on any atom is -0.468 e. The summed E-state index contributed by atoms with van der Waals surface area (Å²) in [7, 11) is 1.35. The monoisotopic (exact) mass is 603 g/mol. The molecular weight excluding hydrogens is 557 g/mol. The number of ether oxygens (including phenoxy) is 2. The molecule has 1 fully saturated rings. The number of esters is 2. The Balaban J connectivity index is 2.23. The van der Waals surface area contributed by atoms with Gasteiger partial charge in [0.15, 0.2) is 10.4 Å². The summed E-state index contributed by atoms with van der Waals surface area (Å²) in [5.41, 5.74) is 3.89. The number of methoxy groups -OCH3 is 2. The van der Waals surface area contributed by atoms with Crippen LogP contribution in [-0.4, -0.2) is 84.0 Å². The Bertz CT molecular complexity index is 1290. The van der Waals surface area contributed by atoms with Crippen molar-refractivity contribution in [3.63, 3.8) is 0 Å². The lowest BCUT2D eigenvalue weighted by Crippen LogP contribution is -2.89. The Labute approximate surface area is 250 Å². The molecule has 0 unspecified atom stereocenters. The quantitative estimate of drug-likeness (QED) is 0.253. The van der Waals surface area contributed by atoms with Gasteiger partial charge in [-0.2, -0.15) is 0 Å². The van der Waals surface area contributed by atoms with Crippen molar-refractivity contribution >= 4 is 36.2 Å². The molecule has 1 aromatic rings. The van der Waals surface area contributed by atoms with Crippen LogP contribution in [0.1, 0.15) is 70.7 Å². The van der Waals surface area contributed by atoms with Gasteiger partial charge in [0.25, 0.3) is 0 Å². The molecule has 0 bridgehead atoms. The van der Waals surface area contributed by atoms with Crippen LogP contribution >= 0.6 is 18.5 Å². The molecule has 3 aliphatic rings. The second-order valence-electron chi connectivity index (χ2n) is 12.0. The van der Waals surface area contributed by atoms with E-state index in [1.54, 1.807) is 11.4 Å². The van der Waals surface area contributed by atoms with Gasteiger partial charge in [-0.15, -0.1) is 0 Å². The highest BCUT2D eigenvalue weighted by atomic mass is 32.7. The van der Waals surface area contributed by atoms with E-state index in [0.29, 0.717) is 31.8 Å². The standard InChI is InChI=1S/C31H46N3O5PS/c1-13-33(14-2)30-24(22-20(6)17-19(5)18-21(22)7)32-39-31(30,34(15-3)16-4)29(27(36)38-12)23(26(35)37-11)25(28(8,9)10)41-40(29)30/h17-18H,13-16H2,1-12H3/t29-,30+,31+,40-/m0/s1. The summed E-state index contributed by atoms with van der Waals surface area (Å²) >= 11 is 1.66. The third kappa shape index (κ3) is 3.81. The maximum absolute atomic E-state index is 14.5. The lowest BCUT2D eigenvalue weighted by molar-refractivity contribution is -0.217. The summed E-state index contributed by atoms with van der Waals surface area (Å²) in [6.07, 6.45) is 0. The number of fused-ring (bicyclic) bond motifs is 4. The third-order valence-corrected chi connectivity index (χ3v) is 15.4. The first kappa shape index (κ1) is 32.0. The van der Waals surface area contributed by atoms with E-state index in [4.69, 9.17) is 19.5 Å². The van der Waals surface area contributed by atoms with E-state index in [0.717, 1.165) is 27.3 Å². The lowest BCUT2D eigenvalue weighted by atomic mass is 9.72. The molecule has 226 valence electrons. The highest BCUT2D eigenvalue weighted by Gasteiger charge is 2.96. The second-order valence-corrected chi connectivity index (χ2v) is 16.1. The zero-order valence-corrected chi connectivity index (χ0v) is 28.4. The van der Waals surface area contributed by atoms with Gasteiger partial charge in [0, 0.05) is 17.6 Å². The lowest BCUT2D eigenvalue weighted by Gasteiger charge is -2.71. The number of hydrogen-bond donors (Lipinski definition) is 0. The number of likely N-dealkylation sites (N-methyl/N-ethyl adjacent to an activating group) is 2. The number of oxime groups is 1. The van der Waals surface area contributed by atoms with Gasteiger partial charge in [0.2, 0.25) is 5.72 Å². The zero-order chi connectivity index (χ0) is 30.7. The average Bonchev–Trinajstić information content (AvgIpc) is 3.40. The molecule has 3 heterocycles. The highest BCUT2D eigenvalue weighted by Crippen LogP contribution is 2.94. The fraction of sp³-hybridized carbons (Fsp3) is 0.645. The van der Waals surface area contributed by atoms with Gasteiger partial charge in [-0.25, -0.2) is 4.79 Å². The van der Waals surface area contributed by atoms with Crippen LogP contribution in [0, 0.1) is 26.2 Å². The number of benzene rings is 1. The van der Waals surface area contributed by atoms with Crippen LogP contribution < -0.4 is 0 Å². The van der Waals surface area contributed by atoms with E-state index in [-0.39, 0.29) is 0 Å². The molecule has 0 aliphatic carbocycles. The summed E-state index contributed by atoms with van der Waals surface area (Å²) in [6.45, 7) is 23.6. The van der Waals surface area contributed by atoms with Crippen molar-refractivity contribution in [2.75, 3.05) is 40.4 Å². The first-order valence-corrected chi connectivity index (χ1v) is 17.3. The van der Waals surface area contributed by atoms with Gasteiger partial charge >= 0.3 is 11.9 Å². The van der Waals surface area contributed by atoms with Crippen molar-refractivity contribution in [2.24, 2.45) is 10.6 Å². The summed E-state index contributed by atoms with van der Waals surface area (Å²) in [5.74, 6) is -0.989. The predicted octanol–water partition coefficient (Wildman–Crippen LogP) is 5.96. The molecule has 41 heavy (non-hydrogen) atoms. The molecule has 8 nitrogen and oxygen atoms in total. The predicted molar refractivity (Wildman–Crippen MR) is 167 cm³/mol. The molecule has 3 aliphatic heterocycles. The first-order valence-electron chi connectivity index (χ1n) is 14.5. The van der Waals surface area contributed by atoms with Crippen LogP contribution in [0.25, 0.3) is 0 Å². The molecule has 0 radical (unpaired) electrons. The largest absolute Gasteiger partial charge is 0.468 e. The van der Waals surface area contributed by atoms with Crippen molar-refractivity contribution in [1.82, 2.24) is 9.80 Å². The van der Waals surface area contributed by atoms with E-state index < -0.39 is 40.6 Å². The Morgan fingerprint density at radius 1 is 0.951 bits per heavy atom. The Morgan fingerprint density at radius 3 is 1.93 bits per heavy atom. The van der Waals surface area contributed by atoms with Gasteiger partial charge in [-0.05, 0) is 63.5 Å². The Kier molecular flexibility index (Phi) is 8.56. The third-order valence-electron chi connectivity index (χ3n) is 8.83. The van der Waals surface area contributed by atoms with E-state index in [1.165, 1.54) is 19.8 Å². The van der Waals surface area contributed by atoms with Crippen LogP contribution in [0.15, 0.2) is 27.8 Å². The van der Waals surface area contributed by atoms with E-state index in [2.05, 4.69) is 91.2 Å². The molecule has 4 atom stereocenters. The summed E-state index contributed by atoms with van der Waals surface area (Å²) in [5, 5.41) is 2.74. The van der Waals surface area contributed by atoms with E-state index >= 15 is 0 Å². The molecule has 1 saturated heterocycles. The van der Waals surface area contributed by atoms with Crippen molar-refractivity contribution in [2.45, 2.75) is 85.4 Å². The molecule has 0 spiro atoms. The van der Waals surface area contributed by atoms with Crippen molar-refractivity contribution in [1.29, 1.82) is 0 Å². The smallest absolute Gasteiger partial charge is 0.336 e. The number of carbonyl (C=O) groups excluding carboxylic acids is 2. The van der Waals surface area contributed by atoms with Gasteiger partial charge in [0.1, 0.15) is 5.71 Å². The number of rotatable bonds is 9. The van der Waals surface area contributed by atoms with Crippen LogP contribution in [0.4, 0.5) is 0 Å². The zero-order valence-electron chi connectivity index (χ0n) is 26.7. The number of aryl methyl sites for hydroxylation is 3. The van der Waals surface area contributed by atoms with E-state index in [1.807, 2.05) is 0 Å². The minimum absolute atomic E-state index is 0.360. The van der Waals surface area contributed by atoms with Gasteiger partial charge in [-0.1, -0.05) is 82.7 Å². The maximum atomic E-state index is 14.5. The average molecular weight is 604 g/mol. The number of carbonyl (C=O) groups is 2. The number of allylic oxidation sites excluding steroid dienone is 1. The molecular formula is C31H46N3O5PS. The Hall–Kier alpha value is -1.93. The van der Waals surface area contributed by atoms with Gasteiger partial charge < -0.3 is 14.3 Å². The van der Waals surface area contributed by atoms with Crippen molar-refractivity contribution in [3.8, 4) is 0 Å². The van der Waals surface area contributed by atoms with Gasteiger partial charge in [-0.3, -0.25) is 14.6 Å². The van der Waals surface area contributed by atoms with Crippen LogP contribution in [0.5, 0.6) is 0 Å². The SMILES string of the molecule is CCN(CC)[C@]12ON=C(c3c(C)cc(C)cc3C)[C@@]1(N(CC)CC)[P@@]1SC(C(C)(C)C)=C(C(=O)OC)[C@@]12C(=O)OC. The van der Waals surface area contributed by atoms with Crippen molar-refractivity contribution < 1.29 is 23.9 Å². The fourth-order valence-corrected chi connectivity index (χ4v) is 16.0. The summed E-state index contributed by atoms with van der Waals surface area (Å²) in [6, 6.07) is 4.36. The van der Waals surface area contributed by atoms with Crippen LogP contribution in [-0.2, 0) is 23.9 Å². The molecule has 1 aromatic carbocycles. The molecule has 4 rings (SSSR count). The number of hydrogen-bond acceptors (Lipinski definition) is 9. The van der Waals surface area contributed by atoms with Gasteiger partial charge in [0.05, 0.1) is 19.8 Å². The minimum atomic E-state index is -1.42. The molecule has 0 aromatic heterocycles. The number of nitrogens with zero attached hydrogens (tertiary/aromatic N) is 3. The Morgan fingerprint density at radius 2 is 1.49 bits per heavy atom. The molecule has 0 N–H and O–H groups in total. The van der Waals surface area contributed by atoms with Crippen LogP contribution in [0.2, 0.25) is 0 Å². The topological polar surface area (TPSA) is 80.7 Å². The normalized spacial score (nSPS) is 28.7. The highest BCUT2D eigenvalue weighted by molar-refractivity contribution is 8.60. The summed E-state index contributed by atoms with van der Waals surface area (Å²) in [4.78, 5) is 40.7. The second kappa shape index (κ2) is 11.0.